The molecule has 0 radical (unpaired) electrons. The Balaban J connectivity index is 2.01. The Morgan fingerprint density at radius 2 is 1.28 bits per heavy atom. The van der Waals surface area contributed by atoms with Crippen LogP contribution < -0.4 is 15.5 Å². The lowest BCUT2D eigenvalue weighted by Gasteiger charge is -2.11. The number of methoxy groups -OCH3 is 1. The summed E-state index contributed by atoms with van der Waals surface area (Å²) in [6.45, 7) is 3.81. The Hall–Kier alpha value is -4.12. The van der Waals surface area contributed by atoms with Crippen LogP contribution in [0, 0.1) is 45.2 Å². The van der Waals surface area contributed by atoms with Gasteiger partial charge in [-0.3, -0.25) is 0 Å². The highest BCUT2D eigenvalue weighted by Gasteiger charge is 2.20. The summed E-state index contributed by atoms with van der Waals surface area (Å²) in [5, 5.41) is 29.0. The van der Waals surface area contributed by atoms with Gasteiger partial charge in [0.15, 0.2) is 0 Å². The van der Waals surface area contributed by atoms with E-state index in [0.29, 0.717) is 27.4 Å². The fourth-order valence-electron chi connectivity index (χ4n) is 4.94. The molecule has 4 aromatic rings. The number of hydrogen-bond donors (Lipinski definition) is 2. The molecule has 0 aromatic heterocycles. The van der Waals surface area contributed by atoms with Crippen molar-refractivity contribution < 1.29 is 14.9 Å². The lowest BCUT2D eigenvalue weighted by Crippen LogP contribution is -1.97. The third-order valence-electron chi connectivity index (χ3n) is 6.41. The summed E-state index contributed by atoms with van der Waals surface area (Å²) in [6.07, 6.45) is 0. The number of para-hydroxylation sites is 2. The molecule has 2 aliphatic heterocycles. The zero-order valence-corrected chi connectivity index (χ0v) is 17.9. The molecule has 6 rings (SSSR count). The van der Waals surface area contributed by atoms with E-state index < -0.39 is 0 Å². The van der Waals surface area contributed by atoms with Gasteiger partial charge in [0.1, 0.15) is 28.6 Å². The van der Waals surface area contributed by atoms with Crippen LogP contribution >= 0.6 is 0 Å². The fourth-order valence-corrected chi connectivity index (χ4v) is 4.94. The summed E-state index contributed by atoms with van der Waals surface area (Å²) in [6, 6.07) is 17.4. The molecule has 0 spiro atoms. The number of rotatable bonds is 1. The van der Waals surface area contributed by atoms with Gasteiger partial charge in [-0.2, -0.15) is 0 Å². The Labute approximate surface area is 182 Å². The Morgan fingerprint density at radius 3 is 1.94 bits per heavy atom. The van der Waals surface area contributed by atoms with Crippen LogP contribution in [0.1, 0.15) is 11.1 Å². The zero-order valence-electron chi connectivity index (χ0n) is 17.9. The van der Waals surface area contributed by atoms with E-state index in [4.69, 9.17) is 9.73 Å². The van der Waals surface area contributed by atoms with Crippen LogP contribution in [0.4, 0.5) is 11.4 Å². The number of aryl methyl sites for hydroxylation is 1. The number of benzene rings is 4. The normalized spacial score (nSPS) is 13.5. The van der Waals surface area contributed by atoms with Crippen molar-refractivity contribution in [2.24, 2.45) is 9.98 Å². The van der Waals surface area contributed by atoms with Crippen LogP contribution in [-0.4, -0.2) is 17.3 Å². The zero-order chi connectivity index (χ0) is 22.1. The van der Waals surface area contributed by atoms with Gasteiger partial charge in [0.05, 0.1) is 23.0 Å². The summed E-state index contributed by atoms with van der Waals surface area (Å²) in [4.78, 5) is 9.45. The molecular weight excluding hydrogens is 400 g/mol. The molecule has 32 heavy (non-hydrogen) atoms. The van der Waals surface area contributed by atoms with Crippen LogP contribution in [0.2, 0.25) is 0 Å². The standard InChI is InChI=1S/C27H20N2O3/c1-13-12-19(32-3)24-22(15-8-4-6-10-17(15)28-24)20(13)21-14(2)26(30)23-16-9-5-7-11-18(16)29-25(23)27(21)31/h4-12,30-31H,1-3H3/b21-20-. The van der Waals surface area contributed by atoms with E-state index in [9.17, 15) is 10.2 Å². The van der Waals surface area contributed by atoms with E-state index in [0.717, 1.165) is 42.8 Å². The SMILES string of the molecule is COc1cc(C)/c(=c2\c(C)c(O)c3c(c2O)N=c2ccccc2=3)c2c1N=c1ccccc1=2. The molecule has 0 aliphatic carbocycles. The molecule has 0 saturated heterocycles. The van der Waals surface area contributed by atoms with Crippen molar-refractivity contribution in [1.29, 1.82) is 0 Å². The first-order chi connectivity index (χ1) is 15.5. The van der Waals surface area contributed by atoms with Crippen molar-refractivity contribution in [1.82, 2.24) is 0 Å². The van der Waals surface area contributed by atoms with Gasteiger partial charge in [-0.05, 0) is 42.8 Å². The van der Waals surface area contributed by atoms with Crippen LogP contribution in [0.15, 0.2) is 64.6 Å². The van der Waals surface area contributed by atoms with Crippen molar-refractivity contribution in [3.8, 4) is 17.2 Å². The van der Waals surface area contributed by atoms with E-state index in [1.165, 1.54) is 0 Å². The first kappa shape index (κ1) is 18.6. The van der Waals surface area contributed by atoms with Crippen LogP contribution in [0.5, 0.6) is 17.2 Å². The number of hydrogen-bond acceptors (Lipinski definition) is 5. The minimum Gasteiger partial charge on any atom is -0.507 e. The second-order valence-electron chi connectivity index (χ2n) is 8.17. The van der Waals surface area contributed by atoms with Crippen LogP contribution in [0.3, 0.4) is 0 Å². The summed E-state index contributed by atoms with van der Waals surface area (Å²) >= 11 is 0. The van der Waals surface area contributed by atoms with E-state index >= 15 is 0 Å². The van der Waals surface area contributed by atoms with Crippen molar-refractivity contribution in [3.05, 3.63) is 108 Å². The van der Waals surface area contributed by atoms with Crippen molar-refractivity contribution in [2.45, 2.75) is 13.8 Å². The predicted octanol–water partition coefficient (Wildman–Crippen LogP) is 4.11. The lowest BCUT2D eigenvalue weighted by molar-refractivity contribution is 0.415. The molecular formula is C27H20N2O3. The highest BCUT2D eigenvalue weighted by molar-refractivity contribution is 5.65. The number of phenols is 2. The van der Waals surface area contributed by atoms with Gasteiger partial charge in [0.25, 0.3) is 0 Å². The molecule has 2 aliphatic rings. The summed E-state index contributed by atoms with van der Waals surface area (Å²) in [7, 11) is 1.63. The van der Waals surface area contributed by atoms with Gasteiger partial charge in [-0.25, -0.2) is 9.98 Å². The molecule has 0 amide bonds. The summed E-state index contributed by atoms with van der Waals surface area (Å²) in [5.74, 6) is 0.872. The molecule has 5 nitrogen and oxygen atoms in total. The number of nitrogens with zero attached hydrogens (tertiary/aromatic N) is 2. The monoisotopic (exact) mass is 420 g/mol. The first-order valence-corrected chi connectivity index (χ1v) is 10.4. The van der Waals surface area contributed by atoms with Crippen molar-refractivity contribution >= 4 is 11.4 Å². The second-order valence-corrected chi connectivity index (χ2v) is 8.17. The Kier molecular flexibility index (Phi) is 3.75. The number of ether oxygens (including phenoxy) is 1. The quantitative estimate of drug-likeness (QED) is 0.393. The van der Waals surface area contributed by atoms with Crippen molar-refractivity contribution in [2.75, 3.05) is 7.11 Å². The molecule has 0 bridgehead atoms. The maximum Gasteiger partial charge on any atom is 0.150 e. The highest BCUT2D eigenvalue weighted by Crippen LogP contribution is 2.41. The van der Waals surface area contributed by atoms with E-state index in [1.807, 2.05) is 68.4 Å². The van der Waals surface area contributed by atoms with Gasteiger partial charge in [-0.1, -0.05) is 36.4 Å². The average Bonchev–Trinajstić information content (AvgIpc) is 3.38. The minimum absolute atomic E-state index is 0.0614. The number of aromatic hydroxyl groups is 2. The number of phenolic OH excluding ortho intramolecular Hbond substituents is 2. The average molecular weight is 420 g/mol. The second kappa shape index (κ2) is 6.44. The van der Waals surface area contributed by atoms with Crippen LogP contribution in [-0.2, 0) is 0 Å². The minimum atomic E-state index is 0.0614. The fraction of sp³-hybridized carbons (Fsp3) is 0.111. The molecule has 2 heterocycles. The predicted molar refractivity (Wildman–Crippen MR) is 120 cm³/mol. The number of fused-ring (bicyclic) bond motifs is 4. The Bertz CT molecular complexity index is 1910. The highest BCUT2D eigenvalue weighted by atomic mass is 16.5. The first-order valence-electron chi connectivity index (χ1n) is 10.4. The third-order valence-corrected chi connectivity index (χ3v) is 6.41. The molecule has 5 heteroatoms. The molecule has 0 saturated carbocycles. The van der Waals surface area contributed by atoms with Gasteiger partial charge < -0.3 is 14.9 Å². The Morgan fingerprint density at radius 1 is 0.688 bits per heavy atom. The molecule has 0 unspecified atom stereocenters. The van der Waals surface area contributed by atoms with E-state index in [-0.39, 0.29) is 11.5 Å². The maximum absolute atomic E-state index is 11.5. The summed E-state index contributed by atoms with van der Waals surface area (Å²) < 4.78 is 5.64. The largest absolute Gasteiger partial charge is 0.507 e. The molecule has 4 aromatic carbocycles. The van der Waals surface area contributed by atoms with E-state index in [2.05, 4.69) is 4.99 Å². The van der Waals surface area contributed by atoms with Crippen molar-refractivity contribution in [3.63, 3.8) is 0 Å². The van der Waals surface area contributed by atoms with Gasteiger partial charge in [0, 0.05) is 26.4 Å². The van der Waals surface area contributed by atoms with Crippen LogP contribution in [0.25, 0.3) is 0 Å². The van der Waals surface area contributed by atoms with Gasteiger partial charge in [0.2, 0.25) is 0 Å². The molecule has 156 valence electrons. The van der Waals surface area contributed by atoms with Gasteiger partial charge in [-0.15, -0.1) is 0 Å². The molecule has 0 atom stereocenters. The third kappa shape index (κ3) is 2.28. The smallest absolute Gasteiger partial charge is 0.150 e. The molecule has 2 N–H and O–H groups in total. The maximum atomic E-state index is 11.5. The lowest BCUT2D eigenvalue weighted by atomic mass is 9.99. The van der Waals surface area contributed by atoms with Gasteiger partial charge >= 0.3 is 0 Å². The molecule has 0 fully saturated rings. The topological polar surface area (TPSA) is 74.4 Å². The summed E-state index contributed by atoms with van der Waals surface area (Å²) in [5.41, 5.74) is 2.65. The van der Waals surface area contributed by atoms with E-state index in [1.54, 1.807) is 7.11 Å².